The molecule has 104 valence electrons. The van der Waals surface area contributed by atoms with E-state index in [1.165, 1.54) is 5.56 Å². The summed E-state index contributed by atoms with van der Waals surface area (Å²) in [6, 6.07) is 6.16. The molecular formula is C15H17N3O2. The zero-order valence-corrected chi connectivity index (χ0v) is 11.2. The van der Waals surface area contributed by atoms with Crippen molar-refractivity contribution in [3.63, 3.8) is 0 Å². The normalized spacial score (nSPS) is 28.3. The van der Waals surface area contributed by atoms with Crippen LogP contribution < -0.4 is 10.6 Å². The van der Waals surface area contributed by atoms with E-state index in [4.69, 9.17) is 0 Å². The number of benzene rings is 1. The highest BCUT2D eigenvalue weighted by molar-refractivity contribution is 5.94. The largest absolute Gasteiger partial charge is 0.326 e. The number of hydrogen-bond acceptors (Lipinski definition) is 3. The monoisotopic (exact) mass is 271 g/mol. The van der Waals surface area contributed by atoms with E-state index in [1.54, 1.807) is 0 Å². The van der Waals surface area contributed by atoms with E-state index in [2.05, 4.69) is 16.7 Å². The van der Waals surface area contributed by atoms with Gasteiger partial charge in [0, 0.05) is 31.6 Å². The van der Waals surface area contributed by atoms with Crippen LogP contribution in [0.3, 0.4) is 0 Å². The molecule has 0 aliphatic carbocycles. The second kappa shape index (κ2) is 4.06. The van der Waals surface area contributed by atoms with Crippen LogP contribution in [0.5, 0.6) is 0 Å². The van der Waals surface area contributed by atoms with Crippen LogP contribution in [0.4, 0.5) is 5.69 Å². The predicted molar refractivity (Wildman–Crippen MR) is 74.0 cm³/mol. The molecule has 4 rings (SSSR count). The average Bonchev–Trinajstić information content (AvgIpc) is 3.01. The lowest BCUT2D eigenvalue weighted by Crippen LogP contribution is -2.45. The first-order valence-electron chi connectivity index (χ1n) is 7.18. The van der Waals surface area contributed by atoms with Crippen molar-refractivity contribution in [2.24, 2.45) is 0 Å². The van der Waals surface area contributed by atoms with Crippen molar-refractivity contribution in [2.45, 2.75) is 31.3 Å². The highest BCUT2D eigenvalue weighted by Gasteiger charge is 2.49. The Bertz CT molecular complexity index is 613. The molecule has 2 amide bonds. The first-order chi connectivity index (χ1) is 9.69. The molecule has 1 aromatic rings. The van der Waals surface area contributed by atoms with E-state index in [-0.39, 0.29) is 17.5 Å². The Morgan fingerprint density at radius 3 is 2.95 bits per heavy atom. The minimum atomic E-state index is -0.312. The maximum Gasteiger partial charge on any atom is 0.224 e. The molecule has 0 spiro atoms. The fraction of sp³-hybridized carbons (Fsp3) is 0.467. The third kappa shape index (κ3) is 1.53. The van der Waals surface area contributed by atoms with Gasteiger partial charge in [-0.15, -0.1) is 0 Å². The highest BCUT2D eigenvalue weighted by atomic mass is 16.2. The number of rotatable bonds is 1. The summed E-state index contributed by atoms with van der Waals surface area (Å²) in [6.07, 6.45) is 2.76. The Morgan fingerprint density at radius 1 is 1.15 bits per heavy atom. The maximum atomic E-state index is 12.0. The van der Waals surface area contributed by atoms with Gasteiger partial charge in [0.25, 0.3) is 0 Å². The standard InChI is InChI=1S/C15H17N3O2/c19-13-4-1-10-9-11(2-3-12(10)17-13)15-6-5-14(20)18(15)8-7-16-15/h2-3,9,16H,1,4-8H2,(H,17,19). The zero-order valence-electron chi connectivity index (χ0n) is 11.2. The summed E-state index contributed by atoms with van der Waals surface area (Å²) in [6.45, 7) is 1.63. The Morgan fingerprint density at radius 2 is 2.05 bits per heavy atom. The highest BCUT2D eigenvalue weighted by Crippen LogP contribution is 2.41. The van der Waals surface area contributed by atoms with E-state index in [9.17, 15) is 9.59 Å². The van der Waals surface area contributed by atoms with Gasteiger partial charge in [-0.2, -0.15) is 0 Å². The average molecular weight is 271 g/mol. The summed E-state index contributed by atoms with van der Waals surface area (Å²) >= 11 is 0. The zero-order chi connectivity index (χ0) is 13.7. The number of anilines is 1. The molecule has 3 aliphatic rings. The van der Waals surface area contributed by atoms with Gasteiger partial charge in [-0.3, -0.25) is 14.9 Å². The molecule has 5 nitrogen and oxygen atoms in total. The summed E-state index contributed by atoms with van der Waals surface area (Å²) in [5.74, 6) is 0.320. The Hall–Kier alpha value is -1.88. The van der Waals surface area contributed by atoms with Gasteiger partial charge in [-0.25, -0.2) is 0 Å². The summed E-state index contributed by atoms with van der Waals surface area (Å²) in [4.78, 5) is 25.4. The van der Waals surface area contributed by atoms with Gasteiger partial charge >= 0.3 is 0 Å². The first-order valence-corrected chi connectivity index (χ1v) is 7.18. The number of hydrogen-bond donors (Lipinski definition) is 2. The third-order valence-corrected chi connectivity index (χ3v) is 4.69. The molecule has 0 aromatic heterocycles. The summed E-state index contributed by atoms with van der Waals surface area (Å²) in [5.41, 5.74) is 2.92. The predicted octanol–water partition coefficient (Wildman–Crippen LogP) is 0.950. The Kier molecular flexibility index (Phi) is 2.41. The molecule has 3 aliphatic heterocycles. The van der Waals surface area contributed by atoms with Crippen LogP contribution in [0.25, 0.3) is 0 Å². The van der Waals surface area contributed by atoms with Gasteiger partial charge in [0.2, 0.25) is 11.8 Å². The smallest absolute Gasteiger partial charge is 0.224 e. The first kappa shape index (κ1) is 11.9. The van der Waals surface area contributed by atoms with Gasteiger partial charge in [0.05, 0.1) is 0 Å². The van der Waals surface area contributed by atoms with Crippen molar-refractivity contribution in [1.29, 1.82) is 0 Å². The van der Waals surface area contributed by atoms with Gasteiger partial charge in [0.1, 0.15) is 5.66 Å². The van der Waals surface area contributed by atoms with E-state index in [1.807, 2.05) is 17.0 Å². The third-order valence-electron chi connectivity index (χ3n) is 4.69. The number of fused-ring (bicyclic) bond motifs is 2. The van der Waals surface area contributed by atoms with Crippen LogP contribution >= 0.6 is 0 Å². The molecule has 20 heavy (non-hydrogen) atoms. The van der Waals surface area contributed by atoms with Crippen LogP contribution in [0.1, 0.15) is 30.4 Å². The molecule has 1 unspecified atom stereocenters. The molecule has 0 radical (unpaired) electrons. The molecule has 2 N–H and O–H groups in total. The van der Waals surface area contributed by atoms with E-state index in [0.717, 1.165) is 37.2 Å². The van der Waals surface area contributed by atoms with Crippen LogP contribution in [-0.2, 0) is 21.7 Å². The maximum absolute atomic E-state index is 12.0. The Labute approximate surface area is 117 Å². The minimum absolute atomic E-state index is 0.0834. The van der Waals surface area contributed by atoms with Crippen LogP contribution in [-0.4, -0.2) is 29.8 Å². The molecule has 5 heteroatoms. The Balaban J connectivity index is 1.76. The fourth-order valence-corrected chi connectivity index (χ4v) is 3.69. The van der Waals surface area contributed by atoms with Crippen LogP contribution in [0.2, 0.25) is 0 Å². The lowest BCUT2D eigenvalue weighted by atomic mass is 9.92. The van der Waals surface area contributed by atoms with Gasteiger partial charge in [-0.05, 0) is 36.1 Å². The van der Waals surface area contributed by atoms with Gasteiger partial charge in [-0.1, -0.05) is 6.07 Å². The number of carbonyl (C=O) groups is 2. The molecule has 0 bridgehead atoms. The number of aryl methyl sites for hydroxylation is 1. The lowest BCUT2D eigenvalue weighted by molar-refractivity contribution is -0.130. The molecule has 2 saturated heterocycles. The minimum Gasteiger partial charge on any atom is -0.326 e. The van der Waals surface area contributed by atoms with Crippen LogP contribution in [0.15, 0.2) is 18.2 Å². The van der Waals surface area contributed by atoms with Gasteiger partial charge in [0.15, 0.2) is 0 Å². The molecule has 1 aromatic carbocycles. The van der Waals surface area contributed by atoms with E-state index >= 15 is 0 Å². The number of amides is 2. The van der Waals surface area contributed by atoms with Crippen molar-refractivity contribution < 1.29 is 9.59 Å². The second-order valence-electron chi connectivity index (χ2n) is 5.75. The number of nitrogens with zero attached hydrogens (tertiary/aromatic N) is 1. The van der Waals surface area contributed by atoms with Crippen molar-refractivity contribution >= 4 is 17.5 Å². The molecule has 3 heterocycles. The molecule has 0 saturated carbocycles. The van der Waals surface area contributed by atoms with Crippen molar-refractivity contribution in [3.8, 4) is 0 Å². The fourth-order valence-electron chi connectivity index (χ4n) is 3.69. The second-order valence-corrected chi connectivity index (χ2v) is 5.75. The molecule has 2 fully saturated rings. The van der Waals surface area contributed by atoms with E-state index < -0.39 is 0 Å². The van der Waals surface area contributed by atoms with Gasteiger partial charge < -0.3 is 10.2 Å². The quantitative estimate of drug-likeness (QED) is 0.799. The summed E-state index contributed by atoms with van der Waals surface area (Å²) in [7, 11) is 0. The van der Waals surface area contributed by atoms with Crippen molar-refractivity contribution in [3.05, 3.63) is 29.3 Å². The summed E-state index contributed by atoms with van der Waals surface area (Å²) in [5, 5.41) is 6.42. The summed E-state index contributed by atoms with van der Waals surface area (Å²) < 4.78 is 0. The van der Waals surface area contributed by atoms with Crippen molar-refractivity contribution in [2.75, 3.05) is 18.4 Å². The number of nitrogens with one attached hydrogen (secondary N) is 2. The van der Waals surface area contributed by atoms with Crippen molar-refractivity contribution in [1.82, 2.24) is 10.2 Å². The molecular weight excluding hydrogens is 254 g/mol. The lowest BCUT2D eigenvalue weighted by Gasteiger charge is -2.33. The molecule has 1 atom stereocenters. The number of carbonyl (C=O) groups excluding carboxylic acids is 2. The van der Waals surface area contributed by atoms with E-state index in [0.29, 0.717) is 12.8 Å². The SMILES string of the molecule is O=C1CCc2cc(C34CCC(=O)N3CCN4)ccc2N1. The van der Waals surface area contributed by atoms with Crippen LogP contribution in [0, 0.1) is 0 Å². The topological polar surface area (TPSA) is 61.4 Å².